The lowest BCUT2D eigenvalue weighted by Crippen LogP contribution is -2.20. The van der Waals surface area contributed by atoms with Gasteiger partial charge in [-0.25, -0.2) is 9.78 Å². The summed E-state index contributed by atoms with van der Waals surface area (Å²) in [4.78, 5) is 14.4. The highest BCUT2D eigenvalue weighted by molar-refractivity contribution is 14.1. The molecular weight excluding hydrogens is 358 g/mol. The van der Waals surface area contributed by atoms with Gasteiger partial charge in [-0.3, -0.25) is 0 Å². The molecule has 0 aromatic carbocycles. The lowest BCUT2D eigenvalue weighted by Gasteiger charge is -2.13. The molecule has 0 bridgehead atoms. The van der Waals surface area contributed by atoms with Crippen LogP contribution in [0, 0.1) is 3.70 Å². The maximum Gasteiger partial charge on any atom is 0.573 e. The number of hydrogen-bond donors (Lipinski definition) is 1. The number of halogens is 4. The third-order valence-electron chi connectivity index (χ3n) is 1.60. The summed E-state index contributed by atoms with van der Waals surface area (Å²) in [5.41, 5.74) is -0.718. The van der Waals surface area contributed by atoms with Gasteiger partial charge in [0.05, 0.1) is 13.3 Å². The molecule has 17 heavy (non-hydrogen) atoms. The molecule has 0 spiro atoms. The molecule has 0 amide bonds. The third kappa shape index (κ3) is 3.35. The van der Waals surface area contributed by atoms with Gasteiger partial charge in [0, 0.05) is 0 Å². The number of ether oxygens (including phenoxy) is 2. The molecule has 0 saturated carbocycles. The molecule has 0 fully saturated rings. The zero-order chi connectivity index (χ0) is 13.2. The summed E-state index contributed by atoms with van der Waals surface area (Å²) in [6.07, 6.45) is -4.31. The van der Waals surface area contributed by atoms with Crippen molar-refractivity contribution in [1.82, 2.24) is 4.98 Å². The van der Waals surface area contributed by atoms with E-state index in [-0.39, 0.29) is 9.45 Å². The molecule has 0 aliphatic rings. The molecule has 0 saturated heterocycles. The number of carbonyl (C=O) groups is 1. The van der Waals surface area contributed by atoms with Crippen LogP contribution in [0.1, 0.15) is 10.4 Å². The van der Waals surface area contributed by atoms with E-state index in [9.17, 15) is 18.0 Å². The summed E-state index contributed by atoms with van der Waals surface area (Å²) >= 11 is 1.64. The standard InChI is InChI=1S/C8H5F3INO4/c1-16-5-4(7(14)15)3(2-13-6(5)12)17-8(9,10)11/h2H,1H3,(H,14,15). The van der Waals surface area contributed by atoms with E-state index in [4.69, 9.17) is 9.84 Å². The minimum Gasteiger partial charge on any atom is -0.493 e. The number of carboxylic acids is 1. The molecule has 94 valence electrons. The van der Waals surface area contributed by atoms with Gasteiger partial charge in [0.2, 0.25) is 0 Å². The summed E-state index contributed by atoms with van der Waals surface area (Å²) in [6.45, 7) is 0. The largest absolute Gasteiger partial charge is 0.573 e. The number of aromatic carboxylic acids is 1. The van der Waals surface area contributed by atoms with Gasteiger partial charge in [0.1, 0.15) is 9.26 Å². The fraction of sp³-hybridized carbons (Fsp3) is 0.250. The van der Waals surface area contributed by atoms with Crippen LogP contribution in [0.4, 0.5) is 13.2 Å². The summed E-state index contributed by atoms with van der Waals surface area (Å²) in [6, 6.07) is 0. The van der Waals surface area contributed by atoms with Crippen LogP contribution in [0.2, 0.25) is 0 Å². The Morgan fingerprint density at radius 1 is 1.53 bits per heavy atom. The smallest absolute Gasteiger partial charge is 0.493 e. The average Bonchev–Trinajstić information content (AvgIpc) is 2.17. The molecule has 0 atom stereocenters. The SMILES string of the molecule is COc1c(I)ncc(OC(F)(F)F)c1C(=O)O. The molecule has 0 aliphatic heterocycles. The van der Waals surface area contributed by atoms with E-state index in [2.05, 4.69) is 9.72 Å². The van der Waals surface area contributed by atoms with Gasteiger partial charge in [0.15, 0.2) is 11.5 Å². The first-order valence-corrected chi connectivity index (χ1v) is 5.05. The predicted molar refractivity (Wildman–Crippen MR) is 57.1 cm³/mol. The quantitative estimate of drug-likeness (QED) is 0.660. The summed E-state index contributed by atoms with van der Waals surface area (Å²) < 4.78 is 44.5. The monoisotopic (exact) mass is 363 g/mol. The van der Waals surface area contributed by atoms with Crippen LogP contribution in [-0.2, 0) is 0 Å². The van der Waals surface area contributed by atoms with Crippen LogP contribution >= 0.6 is 22.6 Å². The maximum atomic E-state index is 12.0. The van der Waals surface area contributed by atoms with Crippen LogP contribution in [0.15, 0.2) is 6.20 Å². The van der Waals surface area contributed by atoms with Gasteiger partial charge >= 0.3 is 12.3 Å². The minimum absolute atomic E-state index is 0.122. The molecule has 1 rings (SSSR count). The second-order valence-corrected chi connectivity index (χ2v) is 3.70. The second-order valence-electron chi connectivity index (χ2n) is 2.67. The van der Waals surface area contributed by atoms with Crippen molar-refractivity contribution in [2.75, 3.05) is 7.11 Å². The molecule has 1 N–H and O–H groups in total. The van der Waals surface area contributed by atoms with Crippen LogP contribution in [0.25, 0.3) is 0 Å². The first-order valence-electron chi connectivity index (χ1n) is 3.97. The molecule has 1 aromatic heterocycles. The molecule has 1 aromatic rings. The van der Waals surface area contributed by atoms with Crippen molar-refractivity contribution >= 4 is 28.6 Å². The van der Waals surface area contributed by atoms with Crippen molar-refractivity contribution < 1.29 is 32.5 Å². The fourth-order valence-corrected chi connectivity index (χ4v) is 1.67. The van der Waals surface area contributed by atoms with Gasteiger partial charge in [-0.2, -0.15) is 0 Å². The number of nitrogens with zero attached hydrogens (tertiary/aromatic N) is 1. The molecular formula is C8H5F3INO4. The van der Waals surface area contributed by atoms with Crippen molar-refractivity contribution in [3.05, 3.63) is 15.5 Å². The van der Waals surface area contributed by atoms with Crippen molar-refractivity contribution in [2.24, 2.45) is 0 Å². The van der Waals surface area contributed by atoms with Crippen LogP contribution in [0.3, 0.4) is 0 Å². The van der Waals surface area contributed by atoms with Gasteiger partial charge < -0.3 is 14.6 Å². The Kier molecular flexibility index (Phi) is 4.01. The van der Waals surface area contributed by atoms with E-state index in [1.807, 2.05) is 0 Å². The number of pyridine rings is 1. The fourth-order valence-electron chi connectivity index (χ4n) is 1.04. The summed E-state index contributed by atoms with van der Waals surface area (Å²) in [5, 5.41) is 8.84. The van der Waals surface area contributed by atoms with E-state index < -0.39 is 23.6 Å². The van der Waals surface area contributed by atoms with Crippen molar-refractivity contribution in [2.45, 2.75) is 6.36 Å². The molecule has 0 unspecified atom stereocenters. The van der Waals surface area contributed by atoms with Gasteiger partial charge in [-0.05, 0) is 22.6 Å². The van der Waals surface area contributed by atoms with Crippen LogP contribution in [0.5, 0.6) is 11.5 Å². The van der Waals surface area contributed by atoms with Crippen LogP contribution in [-0.4, -0.2) is 29.5 Å². The Labute approximate surface area is 107 Å². The number of aromatic nitrogens is 1. The number of hydrogen-bond acceptors (Lipinski definition) is 4. The van der Waals surface area contributed by atoms with Gasteiger partial charge in [-0.15, -0.1) is 13.2 Å². The Morgan fingerprint density at radius 3 is 2.53 bits per heavy atom. The van der Waals surface area contributed by atoms with Crippen molar-refractivity contribution in [3.8, 4) is 11.5 Å². The maximum absolute atomic E-state index is 12.0. The first kappa shape index (κ1) is 13.8. The van der Waals surface area contributed by atoms with E-state index in [1.54, 1.807) is 22.6 Å². The normalized spacial score (nSPS) is 11.1. The number of alkyl halides is 3. The highest BCUT2D eigenvalue weighted by Crippen LogP contribution is 2.34. The Hall–Kier alpha value is -1.26. The van der Waals surface area contributed by atoms with Crippen molar-refractivity contribution in [3.63, 3.8) is 0 Å². The molecule has 5 nitrogen and oxygen atoms in total. The van der Waals surface area contributed by atoms with E-state index in [0.29, 0.717) is 6.20 Å². The van der Waals surface area contributed by atoms with Gasteiger partial charge in [0.25, 0.3) is 0 Å². The van der Waals surface area contributed by atoms with E-state index >= 15 is 0 Å². The average molecular weight is 363 g/mol. The minimum atomic E-state index is -5.00. The highest BCUT2D eigenvalue weighted by Gasteiger charge is 2.34. The Morgan fingerprint density at radius 2 is 2.12 bits per heavy atom. The van der Waals surface area contributed by atoms with Crippen molar-refractivity contribution in [1.29, 1.82) is 0 Å². The zero-order valence-electron chi connectivity index (χ0n) is 8.21. The number of methoxy groups -OCH3 is 1. The lowest BCUT2D eigenvalue weighted by molar-refractivity contribution is -0.274. The Balaban J connectivity index is 3.36. The molecule has 9 heteroatoms. The molecule has 1 heterocycles. The Bertz CT molecular complexity index is 449. The van der Waals surface area contributed by atoms with Gasteiger partial charge in [-0.1, -0.05) is 0 Å². The molecule has 0 aliphatic carbocycles. The summed E-state index contributed by atoms with van der Waals surface area (Å²) in [7, 11) is 1.13. The zero-order valence-corrected chi connectivity index (χ0v) is 10.4. The highest BCUT2D eigenvalue weighted by atomic mass is 127. The lowest BCUT2D eigenvalue weighted by atomic mass is 10.2. The van der Waals surface area contributed by atoms with E-state index in [0.717, 1.165) is 7.11 Å². The number of carboxylic acid groups (broad SMARTS) is 1. The number of rotatable bonds is 3. The van der Waals surface area contributed by atoms with Crippen LogP contribution < -0.4 is 9.47 Å². The second kappa shape index (κ2) is 4.94. The molecule has 0 radical (unpaired) electrons. The topological polar surface area (TPSA) is 68.7 Å². The summed E-state index contributed by atoms with van der Waals surface area (Å²) in [5.74, 6) is -2.79. The van der Waals surface area contributed by atoms with E-state index in [1.165, 1.54) is 0 Å². The first-order chi connectivity index (χ1) is 7.76. The predicted octanol–water partition coefficient (Wildman–Crippen LogP) is 2.29. The third-order valence-corrected chi connectivity index (χ3v) is 2.37.